The Hall–Kier alpha value is -0.870. The first kappa shape index (κ1) is 12.2. The number of hydrogen-bond acceptors (Lipinski definition) is 3. The lowest BCUT2D eigenvalue weighted by molar-refractivity contribution is 0.130. The highest BCUT2D eigenvalue weighted by Crippen LogP contribution is 1.90. The van der Waals surface area contributed by atoms with Crippen LogP contribution in [0.4, 0.5) is 0 Å². The van der Waals surface area contributed by atoms with E-state index >= 15 is 0 Å². The lowest BCUT2D eigenvalue weighted by Crippen LogP contribution is -2.20. The van der Waals surface area contributed by atoms with E-state index < -0.39 is 0 Å². The minimum atomic E-state index is 0.809. The van der Waals surface area contributed by atoms with Crippen molar-refractivity contribution in [2.45, 2.75) is 26.3 Å². The summed E-state index contributed by atoms with van der Waals surface area (Å²) >= 11 is 0. The van der Waals surface area contributed by atoms with Gasteiger partial charge in [0, 0.05) is 32.1 Å². The second kappa shape index (κ2) is 8.44. The Labute approximate surface area is 91.7 Å². The Morgan fingerprint density at radius 1 is 1.33 bits per heavy atom. The topological polar surface area (TPSA) is 39.1 Å². The molecule has 0 bridgehead atoms. The molecule has 0 aliphatic heterocycles. The van der Waals surface area contributed by atoms with E-state index in [2.05, 4.69) is 21.8 Å². The average molecular weight is 211 g/mol. The molecule has 1 heterocycles. The Bertz CT molecular complexity index is 224. The van der Waals surface area contributed by atoms with Gasteiger partial charge in [-0.15, -0.1) is 0 Å². The number of imidazole rings is 1. The van der Waals surface area contributed by atoms with Gasteiger partial charge in [-0.3, -0.25) is 0 Å². The van der Waals surface area contributed by atoms with Crippen LogP contribution in [0.5, 0.6) is 0 Å². The maximum atomic E-state index is 5.48. The highest BCUT2D eigenvalue weighted by atomic mass is 16.5. The smallest absolute Gasteiger partial charge is 0.0945 e. The zero-order valence-electron chi connectivity index (χ0n) is 9.48. The highest BCUT2D eigenvalue weighted by Gasteiger charge is 1.91. The number of hydrogen-bond donors (Lipinski definition) is 1. The van der Waals surface area contributed by atoms with Crippen LogP contribution in [0, 0.1) is 0 Å². The van der Waals surface area contributed by atoms with Gasteiger partial charge < -0.3 is 14.6 Å². The van der Waals surface area contributed by atoms with Crippen molar-refractivity contribution in [2.75, 3.05) is 26.3 Å². The van der Waals surface area contributed by atoms with Gasteiger partial charge in [-0.1, -0.05) is 6.92 Å². The van der Waals surface area contributed by atoms with E-state index in [1.165, 1.54) is 6.42 Å². The predicted molar refractivity (Wildman–Crippen MR) is 60.8 cm³/mol. The number of aromatic nitrogens is 2. The number of rotatable bonds is 9. The molecule has 1 aromatic rings. The van der Waals surface area contributed by atoms with Gasteiger partial charge in [0.05, 0.1) is 12.9 Å². The molecule has 0 aromatic carbocycles. The monoisotopic (exact) mass is 211 g/mol. The number of nitrogens with one attached hydrogen (secondary N) is 1. The van der Waals surface area contributed by atoms with Crippen LogP contribution in [0.1, 0.15) is 19.8 Å². The Kier molecular flexibility index (Phi) is 6.86. The first-order valence-electron chi connectivity index (χ1n) is 5.67. The average Bonchev–Trinajstić information content (AvgIpc) is 2.75. The fourth-order valence-corrected chi connectivity index (χ4v) is 1.32. The van der Waals surface area contributed by atoms with E-state index in [0.29, 0.717) is 0 Å². The summed E-state index contributed by atoms with van der Waals surface area (Å²) in [5, 5.41) is 3.30. The fraction of sp³-hybridized carbons (Fsp3) is 0.727. The Morgan fingerprint density at radius 2 is 2.27 bits per heavy atom. The molecule has 0 fully saturated rings. The standard InChI is InChI=1S/C11H21N3O/c1-2-4-12-6-10-15-9-3-7-14-8-5-13-11-14/h5,8,11-12H,2-4,6-7,9-10H2,1H3. The van der Waals surface area contributed by atoms with Gasteiger partial charge in [-0.25, -0.2) is 4.98 Å². The quantitative estimate of drug-likeness (QED) is 0.626. The number of ether oxygens (including phenoxy) is 1. The van der Waals surface area contributed by atoms with Crippen LogP contribution in [0.2, 0.25) is 0 Å². The maximum absolute atomic E-state index is 5.48. The first-order chi connectivity index (χ1) is 7.43. The summed E-state index contributed by atoms with van der Waals surface area (Å²) in [6.07, 6.45) is 7.84. The van der Waals surface area contributed by atoms with Crippen LogP contribution in [0.15, 0.2) is 18.7 Å². The van der Waals surface area contributed by atoms with Crippen LogP contribution >= 0.6 is 0 Å². The van der Waals surface area contributed by atoms with Crippen molar-refractivity contribution in [3.8, 4) is 0 Å². The number of nitrogens with zero attached hydrogens (tertiary/aromatic N) is 2. The molecule has 4 heteroatoms. The van der Waals surface area contributed by atoms with Gasteiger partial charge in [0.25, 0.3) is 0 Å². The summed E-state index contributed by atoms with van der Waals surface area (Å²) in [7, 11) is 0. The molecule has 0 spiro atoms. The molecule has 15 heavy (non-hydrogen) atoms. The molecule has 0 aliphatic rings. The minimum Gasteiger partial charge on any atom is -0.380 e. The van der Waals surface area contributed by atoms with Crippen molar-refractivity contribution in [1.82, 2.24) is 14.9 Å². The molecule has 0 saturated heterocycles. The van der Waals surface area contributed by atoms with E-state index in [1.807, 2.05) is 12.5 Å². The minimum absolute atomic E-state index is 0.809. The zero-order chi connectivity index (χ0) is 10.8. The Morgan fingerprint density at radius 3 is 3.00 bits per heavy atom. The van der Waals surface area contributed by atoms with Gasteiger partial charge in [-0.05, 0) is 19.4 Å². The molecule has 86 valence electrons. The lowest BCUT2D eigenvalue weighted by Gasteiger charge is -2.05. The second-order valence-electron chi connectivity index (χ2n) is 3.52. The fourth-order valence-electron chi connectivity index (χ4n) is 1.32. The molecule has 0 saturated carbocycles. The van der Waals surface area contributed by atoms with Crippen LogP contribution in [-0.4, -0.2) is 35.9 Å². The maximum Gasteiger partial charge on any atom is 0.0945 e. The largest absolute Gasteiger partial charge is 0.380 e. The van der Waals surface area contributed by atoms with Crippen molar-refractivity contribution in [3.05, 3.63) is 18.7 Å². The molecule has 4 nitrogen and oxygen atoms in total. The van der Waals surface area contributed by atoms with Crippen LogP contribution in [0.3, 0.4) is 0 Å². The predicted octanol–water partition coefficient (Wildman–Crippen LogP) is 1.29. The van der Waals surface area contributed by atoms with E-state index in [-0.39, 0.29) is 0 Å². The summed E-state index contributed by atoms with van der Waals surface area (Å²) in [5.41, 5.74) is 0. The van der Waals surface area contributed by atoms with E-state index in [9.17, 15) is 0 Å². The van der Waals surface area contributed by atoms with Gasteiger partial charge in [0.1, 0.15) is 0 Å². The molecule has 0 aliphatic carbocycles. The molecule has 1 aromatic heterocycles. The van der Waals surface area contributed by atoms with Gasteiger partial charge in [0.15, 0.2) is 0 Å². The summed E-state index contributed by atoms with van der Waals surface area (Å²) in [4.78, 5) is 3.98. The van der Waals surface area contributed by atoms with Crippen LogP contribution in [-0.2, 0) is 11.3 Å². The SMILES string of the molecule is CCCNCCOCCCn1ccnc1. The Balaban J connectivity index is 1.81. The normalized spacial score (nSPS) is 10.7. The van der Waals surface area contributed by atoms with Crippen LogP contribution in [0.25, 0.3) is 0 Å². The van der Waals surface area contributed by atoms with E-state index in [0.717, 1.165) is 39.3 Å². The molecular weight excluding hydrogens is 190 g/mol. The van der Waals surface area contributed by atoms with Gasteiger partial charge in [0.2, 0.25) is 0 Å². The van der Waals surface area contributed by atoms with Crippen molar-refractivity contribution >= 4 is 0 Å². The van der Waals surface area contributed by atoms with Crippen molar-refractivity contribution in [1.29, 1.82) is 0 Å². The molecule has 0 atom stereocenters. The first-order valence-corrected chi connectivity index (χ1v) is 5.67. The third kappa shape index (κ3) is 6.25. The van der Waals surface area contributed by atoms with Crippen molar-refractivity contribution in [3.63, 3.8) is 0 Å². The van der Waals surface area contributed by atoms with Crippen LogP contribution < -0.4 is 5.32 Å². The van der Waals surface area contributed by atoms with Gasteiger partial charge in [-0.2, -0.15) is 0 Å². The van der Waals surface area contributed by atoms with Crippen molar-refractivity contribution < 1.29 is 4.74 Å². The second-order valence-corrected chi connectivity index (χ2v) is 3.52. The summed E-state index contributed by atoms with van der Waals surface area (Å²) in [5.74, 6) is 0. The lowest BCUT2D eigenvalue weighted by atomic mass is 10.4. The molecular formula is C11H21N3O. The van der Waals surface area contributed by atoms with E-state index in [1.54, 1.807) is 6.20 Å². The number of aryl methyl sites for hydroxylation is 1. The molecule has 0 radical (unpaired) electrons. The third-order valence-corrected chi connectivity index (χ3v) is 2.11. The molecule has 1 rings (SSSR count). The van der Waals surface area contributed by atoms with E-state index in [4.69, 9.17) is 4.74 Å². The summed E-state index contributed by atoms with van der Waals surface area (Å²) in [6, 6.07) is 0. The zero-order valence-corrected chi connectivity index (χ0v) is 9.48. The van der Waals surface area contributed by atoms with Gasteiger partial charge >= 0.3 is 0 Å². The molecule has 1 N–H and O–H groups in total. The summed E-state index contributed by atoms with van der Waals surface area (Å²) in [6.45, 7) is 6.83. The summed E-state index contributed by atoms with van der Waals surface area (Å²) < 4.78 is 7.55. The molecule has 0 unspecified atom stereocenters. The van der Waals surface area contributed by atoms with Crippen molar-refractivity contribution in [2.24, 2.45) is 0 Å². The third-order valence-electron chi connectivity index (χ3n) is 2.11. The molecule has 0 amide bonds. The highest BCUT2D eigenvalue weighted by molar-refractivity contribution is 4.73.